The Labute approximate surface area is 126 Å². The molecule has 1 aromatic heterocycles. The zero-order valence-electron chi connectivity index (χ0n) is 13.3. The van der Waals surface area contributed by atoms with Gasteiger partial charge in [0.15, 0.2) is 5.82 Å². The van der Waals surface area contributed by atoms with Gasteiger partial charge in [0.2, 0.25) is 0 Å². The molecule has 0 amide bonds. The molecule has 0 aliphatic heterocycles. The second-order valence-corrected chi connectivity index (χ2v) is 8.17. The normalized spacial score (nSPS) is 37.6. The minimum atomic E-state index is 0.243. The lowest BCUT2D eigenvalue weighted by atomic mass is 9.53. The lowest BCUT2D eigenvalue weighted by molar-refractivity contribution is -0.0518. The van der Waals surface area contributed by atoms with Crippen molar-refractivity contribution in [2.24, 2.45) is 23.7 Å². The van der Waals surface area contributed by atoms with Crippen LogP contribution in [-0.4, -0.2) is 26.8 Å². The van der Waals surface area contributed by atoms with Crippen molar-refractivity contribution >= 4 is 0 Å². The fourth-order valence-electron chi connectivity index (χ4n) is 5.48. The van der Waals surface area contributed by atoms with Crippen LogP contribution in [-0.2, 0) is 12.1 Å². The minimum Gasteiger partial charge on any atom is -0.310 e. The molecule has 4 bridgehead atoms. The molecule has 0 radical (unpaired) electrons. The van der Waals surface area contributed by atoms with Gasteiger partial charge in [-0.05, 0) is 79.2 Å². The van der Waals surface area contributed by atoms with Crippen molar-refractivity contribution in [3.63, 3.8) is 0 Å². The minimum absolute atomic E-state index is 0.243. The Kier molecular flexibility index (Phi) is 3.28. The van der Waals surface area contributed by atoms with E-state index in [0.717, 1.165) is 36.7 Å². The van der Waals surface area contributed by atoms with Gasteiger partial charge < -0.3 is 5.32 Å². The maximum Gasteiger partial charge on any atom is 0.165 e. The Balaban J connectivity index is 1.55. The van der Waals surface area contributed by atoms with Gasteiger partial charge in [0.1, 0.15) is 0 Å². The SMILES string of the molecule is CC(C)CNCc1nnnn1C12CC3CC(CC(C3)C1)C2. The lowest BCUT2D eigenvalue weighted by Gasteiger charge is -2.56. The molecular weight excluding hydrogens is 262 g/mol. The quantitative estimate of drug-likeness (QED) is 0.904. The van der Waals surface area contributed by atoms with E-state index in [4.69, 9.17) is 0 Å². The summed E-state index contributed by atoms with van der Waals surface area (Å²) in [5.74, 6) is 4.48. The largest absolute Gasteiger partial charge is 0.310 e. The van der Waals surface area contributed by atoms with E-state index < -0.39 is 0 Å². The number of hydrogen-bond donors (Lipinski definition) is 1. The average Bonchev–Trinajstić information content (AvgIpc) is 2.85. The maximum absolute atomic E-state index is 4.42. The number of tetrazole rings is 1. The van der Waals surface area contributed by atoms with Crippen LogP contribution in [0.3, 0.4) is 0 Å². The summed E-state index contributed by atoms with van der Waals surface area (Å²) < 4.78 is 2.21. The number of hydrogen-bond acceptors (Lipinski definition) is 4. The third kappa shape index (κ3) is 2.39. The number of nitrogens with zero attached hydrogens (tertiary/aromatic N) is 4. The van der Waals surface area contributed by atoms with Crippen LogP contribution in [0.25, 0.3) is 0 Å². The highest BCUT2D eigenvalue weighted by Gasteiger charge is 2.53. The van der Waals surface area contributed by atoms with Gasteiger partial charge in [-0.1, -0.05) is 13.8 Å². The van der Waals surface area contributed by atoms with Crippen LogP contribution >= 0.6 is 0 Å². The van der Waals surface area contributed by atoms with E-state index in [1.54, 1.807) is 0 Å². The Hall–Kier alpha value is -0.970. The van der Waals surface area contributed by atoms with Crippen molar-refractivity contribution in [2.45, 2.75) is 64.5 Å². The molecule has 1 heterocycles. The van der Waals surface area contributed by atoms with Crippen LogP contribution in [0.2, 0.25) is 0 Å². The van der Waals surface area contributed by atoms with E-state index in [1.807, 2.05) is 0 Å². The summed E-state index contributed by atoms with van der Waals surface area (Å²) >= 11 is 0. The van der Waals surface area contributed by atoms with Gasteiger partial charge in [-0.25, -0.2) is 4.68 Å². The zero-order chi connectivity index (χ0) is 14.4. The molecule has 21 heavy (non-hydrogen) atoms. The van der Waals surface area contributed by atoms with Crippen molar-refractivity contribution in [3.05, 3.63) is 5.82 Å². The molecule has 0 unspecified atom stereocenters. The van der Waals surface area contributed by atoms with Crippen molar-refractivity contribution < 1.29 is 0 Å². The third-order valence-corrected chi connectivity index (χ3v) is 5.82. The maximum atomic E-state index is 4.42. The lowest BCUT2D eigenvalue weighted by Crippen LogP contribution is -2.53. The van der Waals surface area contributed by atoms with Gasteiger partial charge in [-0.15, -0.1) is 5.10 Å². The van der Waals surface area contributed by atoms with E-state index in [0.29, 0.717) is 5.92 Å². The van der Waals surface area contributed by atoms with E-state index in [2.05, 4.69) is 39.4 Å². The topological polar surface area (TPSA) is 55.6 Å². The smallest absolute Gasteiger partial charge is 0.165 e. The fourth-order valence-corrected chi connectivity index (χ4v) is 5.48. The first-order chi connectivity index (χ1) is 10.1. The monoisotopic (exact) mass is 289 g/mol. The summed E-state index contributed by atoms with van der Waals surface area (Å²) in [7, 11) is 0. The van der Waals surface area contributed by atoms with Crippen LogP contribution in [0.15, 0.2) is 0 Å². The van der Waals surface area contributed by atoms with Gasteiger partial charge in [0, 0.05) is 0 Å². The van der Waals surface area contributed by atoms with Gasteiger partial charge in [0.05, 0.1) is 12.1 Å². The molecule has 0 saturated heterocycles. The van der Waals surface area contributed by atoms with Crippen molar-refractivity contribution in [2.75, 3.05) is 6.54 Å². The molecular formula is C16H27N5. The fraction of sp³-hybridized carbons (Fsp3) is 0.938. The first-order valence-corrected chi connectivity index (χ1v) is 8.63. The second-order valence-electron chi connectivity index (χ2n) is 8.17. The van der Waals surface area contributed by atoms with E-state index in [-0.39, 0.29) is 5.54 Å². The van der Waals surface area contributed by atoms with E-state index in [9.17, 15) is 0 Å². The predicted molar refractivity (Wildman–Crippen MR) is 80.5 cm³/mol. The van der Waals surface area contributed by atoms with Crippen LogP contribution in [0.1, 0.15) is 58.2 Å². The van der Waals surface area contributed by atoms with Gasteiger partial charge in [0.25, 0.3) is 0 Å². The summed E-state index contributed by atoms with van der Waals surface area (Å²) in [4.78, 5) is 0. The summed E-state index contributed by atoms with van der Waals surface area (Å²) in [5.41, 5.74) is 0.243. The molecule has 5 nitrogen and oxygen atoms in total. The first-order valence-electron chi connectivity index (χ1n) is 8.63. The highest BCUT2D eigenvalue weighted by atomic mass is 15.6. The predicted octanol–water partition coefficient (Wildman–Crippen LogP) is 2.34. The summed E-state index contributed by atoms with van der Waals surface area (Å²) in [6, 6.07) is 0. The van der Waals surface area contributed by atoms with Gasteiger partial charge in [-0.3, -0.25) is 0 Å². The van der Waals surface area contributed by atoms with Crippen molar-refractivity contribution in [1.29, 1.82) is 0 Å². The highest BCUT2D eigenvalue weighted by molar-refractivity contribution is 5.06. The van der Waals surface area contributed by atoms with Crippen LogP contribution in [0, 0.1) is 23.7 Å². The summed E-state index contributed by atoms with van der Waals surface area (Å²) in [5, 5.41) is 16.2. The third-order valence-electron chi connectivity index (χ3n) is 5.82. The second kappa shape index (κ2) is 5.04. The molecule has 5 heteroatoms. The van der Waals surface area contributed by atoms with Crippen molar-refractivity contribution in [1.82, 2.24) is 25.5 Å². The molecule has 0 spiro atoms. The Morgan fingerprint density at radius 2 is 1.76 bits per heavy atom. The molecule has 4 saturated carbocycles. The Morgan fingerprint density at radius 3 is 2.33 bits per heavy atom. The average molecular weight is 289 g/mol. The summed E-state index contributed by atoms with van der Waals surface area (Å²) in [6.45, 7) is 6.28. The molecule has 0 aromatic carbocycles. The molecule has 4 fully saturated rings. The van der Waals surface area contributed by atoms with E-state index in [1.165, 1.54) is 38.5 Å². The molecule has 4 aliphatic rings. The zero-order valence-corrected chi connectivity index (χ0v) is 13.3. The summed E-state index contributed by atoms with van der Waals surface area (Å²) in [6.07, 6.45) is 8.30. The Morgan fingerprint density at radius 1 is 1.14 bits per heavy atom. The molecule has 0 atom stereocenters. The van der Waals surface area contributed by atoms with E-state index >= 15 is 0 Å². The van der Waals surface area contributed by atoms with Crippen LogP contribution in [0.4, 0.5) is 0 Å². The molecule has 1 aromatic rings. The first kappa shape index (κ1) is 13.7. The molecule has 4 aliphatic carbocycles. The van der Waals surface area contributed by atoms with Crippen LogP contribution < -0.4 is 5.32 Å². The van der Waals surface area contributed by atoms with Gasteiger partial charge in [-0.2, -0.15) is 0 Å². The van der Waals surface area contributed by atoms with Crippen LogP contribution in [0.5, 0.6) is 0 Å². The number of nitrogens with one attached hydrogen (secondary N) is 1. The van der Waals surface area contributed by atoms with Gasteiger partial charge >= 0.3 is 0 Å². The number of aromatic nitrogens is 4. The highest BCUT2D eigenvalue weighted by Crippen LogP contribution is 2.58. The molecule has 116 valence electrons. The number of rotatable bonds is 5. The Bertz CT molecular complexity index is 471. The standard InChI is InChI=1S/C16H27N5/c1-11(2)9-17-10-15-18-19-20-21(15)16-6-12-3-13(7-16)5-14(4-12)8-16/h11-14,17H,3-10H2,1-2H3. The molecule has 5 rings (SSSR count). The molecule has 1 N–H and O–H groups in total. The van der Waals surface area contributed by atoms with Crippen molar-refractivity contribution in [3.8, 4) is 0 Å².